The first-order valence-corrected chi connectivity index (χ1v) is 9.14. The molecule has 0 radical (unpaired) electrons. The third-order valence-corrected chi connectivity index (χ3v) is 4.96. The second-order valence-electron chi connectivity index (χ2n) is 6.65. The van der Waals surface area contributed by atoms with E-state index in [0.717, 1.165) is 44.8 Å². The topological polar surface area (TPSA) is 42.9 Å². The number of benzene rings is 4. The zero-order valence-electron chi connectivity index (χ0n) is 15.0. The van der Waals surface area contributed by atoms with Crippen LogP contribution in [0.3, 0.4) is 0 Å². The summed E-state index contributed by atoms with van der Waals surface area (Å²) in [6.45, 7) is 0. The molecule has 0 atom stereocenters. The smallest absolute Gasteiger partial charge is 0.160 e. The Hall–Kier alpha value is -3.85. The average Bonchev–Trinajstić information content (AvgIpc) is 2.78. The van der Waals surface area contributed by atoms with Crippen LogP contribution in [0.15, 0.2) is 91.0 Å². The molecule has 132 valence electrons. The van der Waals surface area contributed by atoms with Crippen LogP contribution < -0.4 is 0 Å². The van der Waals surface area contributed by atoms with Crippen LogP contribution >= 0.6 is 0 Å². The van der Waals surface area contributed by atoms with Gasteiger partial charge < -0.3 is 0 Å². The molecule has 0 aliphatic rings. The highest BCUT2D eigenvalue weighted by Gasteiger charge is 2.16. The fourth-order valence-electron chi connectivity index (χ4n) is 3.63. The number of carbonyl (C=O) groups is 1. The van der Waals surface area contributed by atoms with Crippen LogP contribution in [0.4, 0.5) is 0 Å². The quantitative estimate of drug-likeness (QED) is 0.375. The lowest BCUT2D eigenvalue weighted by molar-refractivity contribution is 0.112. The second-order valence-corrected chi connectivity index (χ2v) is 6.65. The van der Waals surface area contributed by atoms with Gasteiger partial charge >= 0.3 is 0 Å². The Labute approximate surface area is 162 Å². The first-order chi connectivity index (χ1) is 13.8. The van der Waals surface area contributed by atoms with Crippen LogP contribution in [0, 0.1) is 0 Å². The highest BCUT2D eigenvalue weighted by Crippen LogP contribution is 2.35. The minimum absolute atomic E-state index is 0.626. The molecule has 0 saturated heterocycles. The van der Waals surface area contributed by atoms with E-state index in [0.29, 0.717) is 11.4 Å². The molecule has 0 fully saturated rings. The summed E-state index contributed by atoms with van der Waals surface area (Å²) in [5.41, 5.74) is 4.06. The Kier molecular flexibility index (Phi) is 3.91. The molecule has 0 N–H and O–H groups in total. The minimum Gasteiger partial charge on any atom is -0.298 e. The summed E-state index contributed by atoms with van der Waals surface area (Å²) in [5, 5.41) is 3.02. The van der Waals surface area contributed by atoms with Crippen LogP contribution in [-0.2, 0) is 0 Å². The van der Waals surface area contributed by atoms with Gasteiger partial charge in [0.2, 0.25) is 0 Å². The van der Waals surface area contributed by atoms with E-state index in [1.54, 1.807) is 0 Å². The van der Waals surface area contributed by atoms with Gasteiger partial charge in [-0.3, -0.25) is 4.79 Å². The van der Waals surface area contributed by atoms with Gasteiger partial charge in [-0.25, -0.2) is 9.97 Å². The molecule has 5 rings (SSSR count). The maximum Gasteiger partial charge on any atom is 0.160 e. The Bertz CT molecular complexity index is 1330. The number of hydrogen-bond donors (Lipinski definition) is 0. The Morgan fingerprint density at radius 2 is 1.36 bits per heavy atom. The molecule has 0 aliphatic carbocycles. The summed E-state index contributed by atoms with van der Waals surface area (Å²) in [7, 11) is 0. The SMILES string of the molecule is O=Cc1ccc2ccccc2c1-c1nc(-c2ccccc2)nc2ccccc12. The van der Waals surface area contributed by atoms with E-state index in [4.69, 9.17) is 9.97 Å². The lowest BCUT2D eigenvalue weighted by Crippen LogP contribution is -1.98. The molecular formula is C25H16N2O. The number of hydrogen-bond acceptors (Lipinski definition) is 3. The average molecular weight is 360 g/mol. The van der Waals surface area contributed by atoms with Crippen LogP contribution in [0.5, 0.6) is 0 Å². The molecule has 0 bridgehead atoms. The van der Waals surface area contributed by atoms with Gasteiger partial charge in [0.25, 0.3) is 0 Å². The molecule has 4 aromatic carbocycles. The van der Waals surface area contributed by atoms with E-state index in [2.05, 4.69) is 6.07 Å². The lowest BCUT2D eigenvalue weighted by Gasteiger charge is -2.13. The maximum absolute atomic E-state index is 11.9. The van der Waals surface area contributed by atoms with Crippen molar-refractivity contribution in [1.82, 2.24) is 9.97 Å². The summed E-state index contributed by atoms with van der Waals surface area (Å²) in [4.78, 5) is 21.6. The number of aldehydes is 1. The zero-order valence-corrected chi connectivity index (χ0v) is 15.0. The van der Waals surface area contributed by atoms with Crippen molar-refractivity contribution in [3.8, 4) is 22.6 Å². The van der Waals surface area contributed by atoms with E-state index < -0.39 is 0 Å². The van der Waals surface area contributed by atoms with Crippen LogP contribution in [0.25, 0.3) is 44.3 Å². The van der Waals surface area contributed by atoms with Crippen molar-refractivity contribution in [1.29, 1.82) is 0 Å². The highest BCUT2D eigenvalue weighted by molar-refractivity contribution is 6.09. The third-order valence-electron chi connectivity index (χ3n) is 4.96. The van der Waals surface area contributed by atoms with E-state index in [1.165, 1.54) is 0 Å². The van der Waals surface area contributed by atoms with E-state index in [1.807, 2.05) is 84.9 Å². The highest BCUT2D eigenvalue weighted by atomic mass is 16.1. The molecule has 0 unspecified atom stereocenters. The molecule has 0 spiro atoms. The Balaban J connectivity index is 1.92. The van der Waals surface area contributed by atoms with Crippen LogP contribution in [0.1, 0.15) is 10.4 Å². The van der Waals surface area contributed by atoms with Crippen LogP contribution in [-0.4, -0.2) is 16.3 Å². The molecule has 1 aromatic heterocycles. The van der Waals surface area contributed by atoms with Crippen molar-refractivity contribution in [2.45, 2.75) is 0 Å². The molecular weight excluding hydrogens is 344 g/mol. The number of carbonyl (C=O) groups excluding carboxylic acids is 1. The van der Waals surface area contributed by atoms with Gasteiger partial charge in [-0.1, -0.05) is 84.9 Å². The number of nitrogens with zero attached hydrogens (tertiary/aromatic N) is 2. The first kappa shape index (κ1) is 16.3. The predicted octanol–water partition coefficient (Wildman–Crippen LogP) is 5.93. The van der Waals surface area contributed by atoms with E-state index >= 15 is 0 Å². The molecule has 1 heterocycles. The Morgan fingerprint density at radius 3 is 2.18 bits per heavy atom. The Morgan fingerprint density at radius 1 is 0.643 bits per heavy atom. The second kappa shape index (κ2) is 6.71. The van der Waals surface area contributed by atoms with Gasteiger partial charge in [0, 0.05) is 22.1 Å². The van der Waals surface area contributed by atoms with Gasteiger partial charge in [-0.2, -0.15) is 0 Å². The van der Waals surface area contributed by atoms with Crippen molar-refractivity contribution >= 4 is 28.0 Å². The summed E-state index contributed by atoms with van der Waals surface area (Å²) in [6.07, 6.45) is 0.904. The van der Waals surface area contributed by atoms with Crippen LogP contribution in [0.2, 0.25) is 0 Å². The first-order valence-electron chi connectivity index (χ1n) is 9.14. The normalized spacial score (nSPS) is 11.0. The van der Waals surface area contributed by atoms with Gasteiger partial charge in [-0.15, -0.1) is 0 Å². The van der Waals surface area contributed by atoms with Crippen molar-refractivity contribution in [3.05, 3.63) is 96.6 Å². The standard InChI is InChI=1S/C25H16N2O/c28-16-19-15-14-17-8-4-5-11-20(17)23(19)24-21-12-6-7-13-22(21)26-25(27-24)18-9-2-1-3-10-18/h1-16H. The molecule has 0 amide bonds. The number of fused-ring (bicyclic) bond motifs is 2. The lowest BCUT2D eigenvalue weighted by atomic mass is 9.94. The fraction of sp³-hybridized carbons (Fsp3) is 0. The van der Waals surface area contributed by atoms with Gasteiger partial charge in [0.1, 0.15) is 0 Å². The summed E-state index contributed by atoms with van der Waals surface area (Å²) < 4.78 is 0. The van der Waals surface area contributed by atoms with Gasteiger partial charge in [0.05, 0.1) is 11.2 Å². The van der Waals surface area contributed by atoms with Crippen molar-refractivity contribution < 1.29 is 4.79 Å². The maximum atomic E-state index is 11.9. The molecule has 3 nitrogen and oxygen atoms in total. The minimum atomic E-state index is 0.626. The number of aromatic nitrogens is 2. The van der Waals surface area contributed by atoms with Gasteiger partial charge in [-0.05, 0) is 16.8 Å². The summed E-state index contributed by atoms with van der Waals surface area (Å²) >= 11 is 0. The number of para-hydroxylation sites is 1. The monoisotopic (exact) mass is 360 g/mol. The zero-order chi connectivity index (χ0) is 18.9. The molecule has 0 saturated carbocycles. The number of rotatable bonds is 3. The predicted molar refractivity (Wildman–Crippen MR) is 113 cm³/mol. The van der Waals surface area contributed by atoms with Crippen molar-refractivity contribution in [2.75, 3.05) is 0 Å². The summed E-state index contributed by atoms with van der Waals surface area (Å²) in [6, 6.07) is 29.8. The molecule has 0 aliphatic heterocycles. The summed E-state index contributed by atoms with van der Waals surface area (Å²) in [5.74, 6) is 0.652. The molecule has 3 heteroatoms. The van der Waals surface area contributed by atoms with Crippen molar-refractivity contribution in [3.63, 3.8) is 0 Å². The molecule has 5 aromatic rings. The van der Waals surface area contributed by atoms with E-state index in [-0.39, 0.29) is 0 Å². The third kappa shape index (κ3) is 2.65. The largest absolute Gasteiger partial charge is 0.298 e. The fourth-order valence-corrected chi connectivity index (χ4v) is 3.63. The molecule has 28 heavy (non-hydrogen) atoms. The van der Waals surface area contributed by atoms with Crippen molar-refractivity contribution in [2.24, 2.45) is 0 Å². The van der Waals surface area contributed by atoms with Gasteiger partial charge in [0.15, 0.2) is 12.1 Å². The van der Waals surface area contributed by atoms with E-state index in [9.17, 15) is 4.79 Å².